The van der Waals surface area contributed by atoms with E-state index < -0.39 is 0 Å². The van der Waals surface area contributed by atoms with Gasteiger partial charge in [0.15, 0.2) is 0 Å². The fourth-order valence-corrected chi connectivity index (χ4v) is 3.86. The van der Waals surface area contributed by atoms with Gasteiger partial charge in [-0.3, -0.25) is 4.79 Å². The summed E-state index contributed by atoms with van der Waals surface area (Å²) >= 11 is 0. The molecule has 0 spiro atoms. The summed E-state index contributed by atoms with van der Waals surface area (Å²) in [6.45, 7) is 0.687. The highest BCUT2D eigenvalue weighted by Gasteiger charge is 2.25. The molecule has 1 saturated carbocycles. The van der Waals surface area contributed by atoms with E-state index in [4.69, 9.17) is 0 Å². The molecule has 0 radical (unpaired) electrons. The monoisotopic (exact) mass is 309 g/mol. The number of hydrogen-bond donors (Lipinski definition) is 2. The summed E-state index contributed by atoms with van der Waals surface area (Å²) in [5, 5.41) is 2.86. The van der Waals surface area contributed by atoms with E-state index in [1.165, 1.54) is 43.2 Å². The minimum absolute atomic E-state index is 0.116. The zero-order chi connectivity index (χ0) is 15.6. The first-order chi connectivity index (χ1) is 11.3. The van der Waals surface area contributed by atoms with Gasteiger partial charge in [-0.25, -0.2) is 4.98 Å². The smallest absolute Gasteiger partial charge is 0.220 e. The fraction of sp³-hybridized carbons (Fsp3) is 0.474. The van der Waals surface area contributed by atoms with Crippen molar-refractivity contribution in [2.45, 2.75) is 50.4 Å². The highest BCUT2D eigenvalue weighted by atomic mass is 16.1. The average Bonchev–Trinajstić information content (AvgIpc) is 3.25. The lowest BCUT2D eigenvalue weighted by Gasteiger charge is -2.22. The first kappa shape index (κ1) is 14.5. The second-order valence-electron chi connectivity index (χ2n) is 6.84. The number of amides is 1. The van der Waals surface area contributed by atoms with Crippen molar-refractivity contribution in [3.05, 3.63) is 41.9 Å². The SMILES string of the molecule is O=C1CC(c2ncc(-c3ccc(C4CCCCC4)cc3)[nH]2)CN1. The predicted molar refractivity (Wildman–Crippen MR) is 90.2 cm³/mol. The summed E-state index contributed by atoms with van der Waals surface area (Å²) in [6.07, 6.45) is 9.20. The lowest BCUT2D eigenvalue weighted by molar-refractivity contribution is -0.119. The summed E-state index contributed by atoms with van der Waals surface area (Å²) < 4.78 is 0. The fourth-order valence-electron chi connectivity index (χ4n) is 3.86. The van der Waals surface area contributed by atoms with Crippen molar-refractivity contribution in [2.75, 3.05) is 6.54 Å². The number of aromatic amines is 1. The second-order valence-corrected chi connectivity index (χ2v) is 6.84. The molecule has 1 aliphatic carbocycles. The van der Waals surface area contributed by atoms with Crippen molar-refractivity contribution in [2.24, 2.45) is 0 Å². The molecule has 1 atom stereocenters. The van der Waals surface area contributed by atoms with E-state index in [0.29, 0.717) is 13.0 Å². The van der Waals surface area contributed by atoms with Crippen LogP contribution in [0.1, 0.15) is 61.7 Å². The molecule has 1 aromatic carbocycles. The van der Waals surface area contributed by atoms with E-state index in [2.05, 4.69) is 39.6 Å². The number of imidazole rings is 1. The molecule has 23 heavy (non-hydrogen) atoms. The number of carbonyl (C=O) groups is 1. The van der Waals surface area contributed by atoms with Crippen LogP contribution >= 0.6 is 0 Å². The van der Waals surface area contributed by atoms with E-state index in [1.807, 2.05) is 6.20 Å². The van der Waals surface area contributed by atoms with E-state index in [1.54, 1.807) is 0 Å². The zero-order valence-corrected chi connectivity index (χ0v) is 13.3. The van der Waals surface area contributed by atoms with Gasteiger partial charge in [0, 0.05) is 18.9 Å². The standard InChI is InChI=1S/C19H23N3O/c23-18-10-16(11-20-18)19-21-12-17(22-19)15-8-6-14(7-9-15)13-4-2-1-3-5-13/h6-9,12-13,16H,1-5,10-11H2,(H,20,23)(H,21,22). The molecule has 1 aromatic heterocycles. The number of nitrogens with zero attached hydrogens (tertiary/aromatic N) is 1. The van der Waals surface area contributed by atoms with Crippen LogP contribution in [0.4, 0.5) is 0 Å². The molecule has 0 bridgehead atoms. The third-order valence-corrected chi connectivity index (χ3v) is 5.26. The van der Waals surface area contributed by atoms with Crippen molar-refractivity contribution in [3.63, 3.8) is 0 Å². The third kappa shape index (κ3) is 3.03. The summed E-state index contributed by atoms with van der Waals surface area (Å²) in [7, 11) is 0. The molecular formula is C19H23N3O. The molecule has 2 aliphatic rings. The second kappa shape index (κ2) is 6.19. The van der Waals surface area contributed by atoms with Gasteiger partial charge in [0.2, 0.25) is 5.91 Å². The van der Waals surface area contributed by atoms with E-state index in [0.717, 1.165) is 17.4 Å². The van der Waals surface area contributed by atoms with E-state index in [-0.39, 0.29) is 11.8 Å². The topological polar surface area (TPSA) is 57.8 Å². The Morgan fingerprint density at radius 1 is 1.00 bits per heavy atom. The van der Waals surface area contributed by atoms with Crippen LogP contribution in [0.2, 0.25) is 0 Å². The van der Waals surface area contributed by atoms with Crippen molar-refractivity contribution in [1.29, 1.82) is 0 Å². The lowest BCUT2D eigenvalue weighted by atomic mass is 9.84. The van der Waals surface area contributed by atoms with Crippen LogP contribution < -0.4 is 5.32 Å². The minimum Gasteiger partial charge on any atom is -0.355 e. The Labute approximate surface area is 136 Å². The number of rotatable bonds is 3. The first-order valence-electron chi connectivity index (χ1n) is 8.71. The van der Waals surface area contributed by atoms with Gasteiger partial charge in [-0.05, 0) is 29.9 Å². The van der Waals surface area contributed by atoms with Crippen LogP contribution in [0.5, 0.6) is 0 Å². The van der Waals surface area contributed by atoms with Gasteiger partial charge in [-0.15, -0.1) is 0 Å². The highest BCUT2D eigenvalue weighted by molar-refractivity contribution is 5.79. The molecule has 4 rings (SSSR count). The number of aromatic nitrogens is 2. The quantitative estimate of drug-likeness (QED) is 0.907. The Morgan fingerprint density at radius 2 is 1.78 bits per heavy atom. The molecule has 120 valence electrons. The molecule has 2 heterocycles. The summed E-state index contributed by atoms with van der Waals surface area (Å²) in [6, 6.07) is 8.93. The molecule has 2 fully saturated rings. The third-order valence-electron chi connectivity index (χ3n) is 5.26. The number of nitrogens with one attached hydrogen (secondary N) is 2. The number of H-pyrrole nitrogens is 1. The molecule has 1 unspecified atom stereocenters. The average molecular weight is 309 g/mol. The maximum Gasteiger partial charge on any atom is 0.220 e. The highest BCUT2D eigenvalue weighted by Crippen LogP contribution is 2.33. The van der Waals surface area contributed by atoms with Crippen LogP contribution in [0.3, 0.4) is 0 Å². The van der Waals surface area contributed by atoms with Crippen LogP contribution in [0.15, 0.2) is 30.5 Å². The maximum absolute atomic E-state index is 11.3. The maximum atomic E-state index is 11.3. The van der Waals surface area contributed by atoms with Crippen LogP contribution in [-0.4, -0.2) is 22.4 Å². The lowest BCUT2D eigenvalue weighted by Crippen LogP contribution is -2.13. The van der Waals surface area contributed by atoms with E-state index in [9.17, 15) is 4.79 Å². The van der Waals surface area contributed by atoms with Crippen molar-refractivity contribution < 1.29 is 4.79 Å². The Kier molecular flexibility index (Phi) is 3.90. The van der Waals surface area contributed by atoms with Crippen LogP contribution in [0.25, 0.3) is 11.3 Å². The van der Waals surface area contributed by atoms with Crippen molar-refractivity contribution in [3.8, 4) is 11.3 Å². The molecule has 1 aliphatic heterocycles. The largest absolute Gasteiger partial charge is 0.355 e. The Balaban J connectivity index is 1.49. The molecule has 1 saturated heterocycles. The van der Waals surface area contributed by atoms with Gasteiger partial charge >= 0.3 is 0 Å². The van der Waals surface area contributed by atoms with Crippen molar-refractivity contribution in [1.82, 2.24) is 15.3 Å². The summed E-state index contributed by atoms with van der Waals surface area (Å²) in [5.41, 5.74) is 3.67. The zero-order valence-electron chi connectivity index (χ0n) is 13.3. The number of hydrogen-bond acceptors (Lipinski definition) is 2. The molecule has 2 N–H and O–H groups in total. The molecule has 4 nitrogen and oxygen atoms in total. The van der Waals surface area contributed by atoms with Crippen molar-refractivity contribution >= 4 is 5.91 Å². The predicted octanol–water partition coefficient (Wildman–Crippen LogP) is 3.73. The van der Waals surface area contributed by atoms with Gasteiger partial charge in [0.25, 0.3) is 0 Å². The summed E-state index contributed by atoms with van der Waals surface area (Å²) in [4.78, 5) is 19.2. The van der Waals surface area contributed by atoms with Crippen LogP contribution in [-0.2, 0) is 4.79 Å². The van der Waals surface area contributed by atoms with Gasteiger partial charge in [-0.2, -0.15) is 0 Å². The Hall–Kier alpha value is -2.10. The van der Waals surface area contributed by atoms with E-state index >= 15 is 0 Å². The van der Waals surface area contributed by atoms with Gasteiger partial charge < -0.3 is 10.3 Å². The molecule has 4 heteroatoms. The normalized spacial score (nSPS) is 22.3. The van der Waals surface area contributed by atoms with Crippen LogP contribution in [0, 0.1) is 0 Å². The molecular weight excluding hydrogens is 286 g/mol. The summed E-state index contributed by atoms with van der Waals surface area (Å²) in [5.74, 6) is 1.95. The first-order valence-corrected chi connectivity index (χ1v) is 8.71. The Bertz CT molecular complexity index is 683. The minimum atomic E-state index is 0.116. The number of carbonyl (C=O) groups excluding carboxylic acids is 1. The van der Waals surface area contributed by atoms with Gasteiger partial charge in [-0.1, -0.05) is 43.5 Å². The Morgan fingerprint density at radius 3 is 2.48 bits per heavy atom. The van der Waals surface area contributed by atoms with Gasteiger partial charge in [0.05, 0.1) is 11.9 Å². The van der Waals surface area contributed by atoms with Gasteiger partial charge in [0.1, 0.15) is 5.82 Å². The molecule has 2 aromatic rings. The molecule has 1 amide bonds. The number of benzene rings is 1.